The van der Waals surface area contributed by atoms with E-state index in [-0.39, 0.29) is 6.10 Å². The zero-order valence-corrected chi connectivity index (χ0v) is 9.91. The van der Waals surface area contributed by atoms with Crippen LogP contribution in [0.4, 0.5) is 0 Å². The van der Waals surface area contributed by atoms with Gasteiger partial charge in [0.2, 0.25) is 0 Å². The molecule has 1 atom stereocenters. The van der Waals surface area contributed by atoms with Gasteiger partial charge in [-0.25, -0.2) is 0 Å². The van der Waals surface area contributed by atoms with E-state index >= 15 is 0 Å². The summed E-state index contributed by atoms with van der Waals surface area (Å²) in [4.78, 5) is 2.36. The summed E-state index contributed by atoms with van der Waals surface area (Å²) in [7, 11) is 1.68. The highest BCUT2D eigenvalue weighted by Gasteiger charge is 2.28. The molecule has 0 radical (unpaired) electrons. The summed E-state index contributed by atoms with van der Waals surface area (Å²) in [6, 6.07) is 0.739. The number of ether oxygens (including phenoxy) is 1. The molecule has 0 aromatic carbocycles. The van der Waals surface area contributed by atoms with Gasteiger partial charge < -0.3 is 15.2 Å². The fourth-order valence-corrected chi connectivity index (χ4v) is 1.75. The van der Waals surface area contributed by atoms with Crippen molar-refractivity contribution in [3.05, 3.63) is 0 Å². The van der Waals surface area contributed by atoms with Crippen LogP contribution < -0.4 is 5.32 Å². The van der Waals surface area contributed by atoms with Gasteiger partial charge in [-0.2, -0.15) is 0 Å². The summed E-state index contributed by atoms with van der Waals surface area (Å²) >= 11 is 0. The van der Waals surface area contributed by atoms with Crippen molar-refractivity contribution in [3.63, 3.8) is 0 Å². The van der Waals surface area contributed by atoms with Crippen molar-refractivity contribution >= 4 is 0 Å². The molecule has 1 aliphatic rings. The summed E-state index contributed by atoms with van der Waals surface area (Å²) < 4.78 is 4.92. The molecular weight excluding hydrogens is 192 g/mol. The van der Waals surface area contributed by atoms with Crippen LogP contribution in [0.1, 0.15) is 19.8 Å². The number of nitrogens with one attached hydrogen (secondary N) is 1. The third-order valence-electron chi connectivity index (χ3n) is 2.78. The zero-order chi connectivity index (χ0) is 11.1. The SMILES string of the molecule is CCN(CC(O)CNCCOC)C1CC1. The molecule has 1 rings (SSSR count). The Morgan fingerprint density at radius 1 is 1.53 bits per heavy atom. The van der Waals surface area contributed by atoms with Crippen molar-refractivity contribution in [1.82, 2.24) is 10.2 Å². The Balaban J connectivity index is 2.02. The second-order valence-corrected chi connectivity index (χ2v) is 4.17. The van der Waals surface area contributed by atoms with Gasteiger partial charge in [0.25, 0.3) is 0 Å². The minimum Gasteiger partial charge on any atom is -0.390 e. The molecule has 0 bridgehead atoms. The van der Waals surface area contributed by atoms with Crippen molar-refractivity contribution in [2.75, 3.05) is 39.9 Å². The Bertz CT molecular complexity index is 163. The van der Waals surface area contributed by atoms with Gasteiger partial charge in [0.1, 0.15) is 0 Å². The third kappa shape index (κ3) is 5.47. The van der Waals surface area contributed by atoms with E-state index in [0.29, 0.717) is 13.2 Å². The van der Waals surface area contributed by atoms with Crippen LogP contribution in [0.2, 0.25) is 0 Å². The van der Waals surface area contributed by atoms with E-state index in [1.807, 2.05) is 0 Å². The van der Waals surface area contributed by atoms with E-state index < -0.39 is 0 Å². The number of likely N-dealkylation sites (N-methyl/N-ethyl adjacent to an activating group) is 1. The van der Waals surface area contributed by atoms with Crippen LogP contribution in [0.15, 0.2) is 0 Å². The highest BCUT2D eigenvalue weighted by Crippen LogP contribution is 2.26. The second kappa shape index (κ2) is 7.17. The highest BCUT2D eigenvalue weighted by molar-refractivity contribution is 4.85. The molecule has 1 unspecified atom stereocenters. The lowest BCUT2D eigenvalue weighted by molar-refractivity contribution is 0.107. The van der Waals surface area contributed by atoms with Gasteiger partial charge in [0.15, 0.2) is 0 Å². The van der Waals surface area contributed by atoms with Gasteiger partial charge in [-0.3, -0.25) is 4.90 Å². The molecule has 4 heteroatoms. The minimum absolute atomic E-state index is 0.262. The lowest BCUT2D eigenvalue weighted by Crippen LogP contribution is -2.40. The molecule has 1 aliphatic carbocycles. The Morgan fingerprint density at radius 3 is 2.80 bits per heavy atom. The standard InChI is InChI=1S/C11H24N2O2/c1-3-13(10-4-5-10)9-11(14)8-12-6-7-15-2/h10-12,14H,3-9H2,1-2H3. The molecule has 1 fully saturated rings. The molecule has 0 aliphatic heterocycles. The quantitative estimate of drug-likeness (QED) is 0.535. The number of nitrogens with zero attached hydrogens (tertiary/aromatic N) is 1. The summed E-state index contributed by atoms with van der Waals surface area (Å²) in [5.41, 5.74) is 0. The summed E-state index contributed by atoms with van der Waals surface area (Å²) in [6.45, 7) is 6.16. The van der Waals surface area contributed by atoms with E-state index in [9.17, 15) is 5.11 Å². The van der Waals surface area contributed by atoms with Crippen molar-refractivity contribution in [2.45, 2.75) is 31.9 Å². The molecule has 15 heavy (non-hydrogen) atoms. The predicted octanol–water partition coefficient (Wildman–Crippen LogP) is 0.0676. The van der Waals surface area contributed by atoms with Gasteiger partial charge in [0, 0.05) is 32.8 Å². The van der Waals surface area contributed by atoms with Crippen LogP contribution >= 0.6 is 0 Å². The number of hydrogen-bond donors (Lipinski definition) is 2. The first kappa shape index (κ1) is 12.9. The summed E-state index contributed by atoms with van der Waals surface area (Å²) in [5.74, 6) is 0. The predicted molar refractivity (Wildman–Crippen MR) is 61.0 cm³/mol. The molecule has 0 aromatic heterocycles. The molecule has 90 valence electrons. The number of hydrogen-bond acceptors (Lipinski definition) is 4. The molecule has 0 amide bonds. The van der Waals surface area contributed by atoms with Crippen LogP contribution in [0.5, 0.6) is 0 Å². The maximum atomic E-state index is 9.78. The zero-order valence-electron chi connectivity index (χ0n) is 9.91. The van der Waals surface area contributed by atoms with Gasteiger partial charge in [-0.1, -0.05) is 6.92 Å². The van der Waals surface area contributed by atoms with Crippen LogP contribution in [0, 0.1) is 0 Å². The Kier molecular flexibility index (Phi) is 6.17. The topological polar surface area (TPSA) is 44.7 Å². The van der Waals surface area contributed by atoms with Crippen LogP contribution in [-0.2, 0) is 4.74 Å². The second-order valence-electron chi connectivity index (χ2n) is 4.17. The smallest absolute Gasteiger partial charge is 0.0791 e. The Morgan fingerprint density at radius 2 is 2.27 bits per heavy atom. The van der Waals surface area contributed by atoms with Crippen LogP contribution in [0.3, 0.4) is 0 Å². The van der Waals surface area contributed by atoms with Crippen molar-refractivity contribution < 1.29 is 9.84 Å². The lowest BCUT2D eigenvalue weighted by atomic mass is 10.3. The lowest BCUT2D eigenvalue weighted by Gasteiger charge is -2.23. The van der Waals surface area contributed by atoms with Crippen molar-refractivity contribution in [3.8, 4) is 0 Å². The number of aliphatic hydroxyl groups excluding tert-OH is 1. The first-order valence-corrected chi connectivity index (χ1v) is 5.89. The molecule has 0 aromatic rings. The normalized spacial score (nSPS) is 18.4. The van der Waals surface area contributed by atoms with E-state index in [2.05, 4.69) is 17.1 Å². The number of rotatable bonds is 9. The fourth-order valence-electron chi connectivity index (χ4n) is 1.75. The highest BCUT2D eigenvalue weighted by atomic mass is 16.5. The van der Waals surface area contributed by atoms with Crippen molar-refractivity contribution in [2.24, 2.45) is 0 Å². The fraction of sp³-hybridized carbons (Fsp3) is 1.00. The van der Waals surface area contributed by atoms with E-state index in [4.69, 9.17) is 4.74 Å². The first-order valence-electron chi connectivity index (χ1n) is 5.89. The Hall–Kier alpha value is -0.160. The molecule has 0 heterocycles. The van der Waals surface area contributed by atoms with Crippen LogP contribution in [0.25, 0.3) is 0 Å². The number of aliphatic hydroxyl groups is 1. The maximum Gasteiger partial charge on any atom is 0.0791 e. The van der Waals surface area contributed by atoms with E-state index in [0.717, 1.165) is 25.7 Å². The monoisotopic (exact) mass is 216 g/mol. The molecule has 0 spiro atoms. The largest absolute Gasteiger partial charge is 0.390 e. The van der Waals surface area contributed by atoms with Gasteiger partial charge in [-0.15, -0.1) is 0 Å². The molecule has 4 nitrogen and oxygen atoms in total. The summed E-state index contributed by atoms with van der Waals surface area (Å²) in [6.07, 6.45) is 2.34. The van der Waals surface area contributed by atoms with Crippen LogP contribution in [-0.4, -0.2) is 62.0 Å². The summed E-state index contributed by atoms with van der Waals surface area (Å²) in [5, 5.41) is 13.0. The minimum atomic E-state index is -0.262. The van der Waals surface area contributed by atoms with Gasteiger partial charge in [-0.05, 0) is 19.4 Å². The van der Waals surface area contributed by atoms with E-state index in [1.54, 1.807) is 7.11 Å². The first-order chi connectivity index (χ1) is 7.27. The van der Waals surface area contributed by atoms with Gasteiger partial charge >= 0.3 is 0 Å². The average Bonchev–Trinajstić information content (AvgIpc) is 3.05. The number of methoxy groups -OCH3 is 1. The van der Waals surface area contributed by atoms with Crippen molar-refractivity contribution in [1.29, 1.82) is 0 Å². The third-order valence-corrected chi connectivity index (χ3v) is 2.78. The molecular formula is C11H24N2O2. The molecule has 2 N–H and O–H groups in total. The average molecular weight is 216 g/mol. The van der Waals surface area contributed by atoms with E-state index in [1.165, 1.54) is 12.8 Å². The maximum absolute atomic E-state index is 9.78. The Labute approximate surface area is 92.6 Å². The molecule has 0 saturated heterocycles. The molecule has 1 saturated carbocycles. The van der Waals surface area contributed by atoms with Gasteiger partial charge in [0.05, 0.1) is 12.7 Å².